The van der Waals surface area contributed by atoms with Gasteiger partial charge in [0.2, 0.25) is 5.91 Å². The van der Waals surface area contributed by atoms with Gasteiger partial charge in [-0.25, -0.2) is 4.98 Å². The second-order valence-electron chi connectivity index (χ2n) is 5.37. The fraction of sp³-hybridized carbons (Fsp3) is 0.714. The normalized spacial score (nSPS) is 22.2. The smallest absolute Gasteiger partial charge is 0.237 e. The molecule has 2 N–H and O–H groups in total. The van der Waals surface area contributed by atoms with Crippen LogP contribution in [0.5, 0.6) is 0 Å². The Hall–Kier alpha value is -0.940. The Balaban J connectivity index is 1.43. The molecule has 2 aliphatic rings. The van der Waals surface area contributed by atoms with E-state index in [4.69, 9.17) is 0 Å². The SMILES string of the molecule is O=C(NCCc1nc2c(s1)CCC2)C1CCCCN1. The Morgan fingerprint density at radius 2 is 2.32 bits per heavy atom. The molecular formula is C14H21N3OS. The number of hydrogen-bond acceptors (Lipinski definition) is 4. The lowest BCUT2D eigenvalue weighted by molar-refractivity contribution is -0.123. The molecule has 1 aromatic heterocycles. The molecule has 4 nitrogen and oxygen atoms in total. The highest BCUT2D eigenvalue weighted by atomic mass is 32.1. The maximum Gasteiger partial charge on any atom is 0.237 e. The highest BCUT2D eigenvalue weighted by Crippen LogP contribution is 2.27. The van der Waals surface area contributed by atoms with Crippen molar-refractivity contribution < 1.29 is 4.79 Å². The first-order valence-corrected chi connectivity index (χ1v) is 8.13. The molecule has 5 heteroatoms. The van der Waals surface area contributed by atoms with Gasteiger partial charge < -0.3 is 10.6 Å². The van der Waals surface area contributed by atoms with Crippen molar-refractivity contribution >= 4 is 17.2 Å². The Labute approximate surface area is 118 Å². The first-order chi connectivity index (χ1) is 9.33. The van der Waals surface area contributed by atoms with Crippen molar-refractivity contribution in [2.45, 2.75) is 51.0 Å². The summed E-state index contributed by atoms with van der Waals surface area (Å²) in [6.45, 7) is 1.68. The molecule has 3 rings (SSSR count). The van der Waals surface area contributed by atoms with Gasteiger partial charge in [-0.15, -0.1) is 11.3 Å². The number of aromatic nitrogens is 1. The van der Waals surface area contributed by atoms with Gasteiger partial charge in [-0.3, -0.25) is 4.79 Å². The van der Waals surface area contributed by atoms with Crippen LogP contribution < -0.4 is 10.6 Å². The summed E-state index contributed by atoms with van der Waals surface area (Å²) < 4.78 is 0. The van der Waals surface area contributed by atoms with Gasteiger partial charge in [0.15, 0.2) is 0 Å². The van der Waals surface area contributed by atoms with Crippen LogP contribution in [0.4, 0.5) is 0 Å². The number of amides is 1. The monoisotopic (exact) mass is 279 g/mol. The highest BCUT2D eigenvalue weighted by molar-refractivity contribution is 7.11. The molecule has 19 heavy (non-hydrogen) atoms. The lowest BCUT2D eigenvalue weighted by Crippen LogP contribution is -2.47. The molecule has 0 aromatic carbocycles. The molecule has 1 fully saturated rings. The third-order valence-corrected chi connectivity index (χ3v) is 5.12. The minimum Gasteiger partial charge on any atom is -0.354 e. The predicted molar refractivity (Wildman–Crippen MR) is 76.5 cm³/mol. The standard InChI is InChI=1S/C14H21N3OS/c18-14(11-4-1-2-8-15-11)16-9-7-13-17-10-5-3-6-12(10)19-13/h11,15H,1-9H2,(H,16,18). The number of nitrogens with one attached hydrogen (secondary N) is 2. The number of nitrogens with zero attached hydrogens (tertiary/aromatic N) is 1. The topological polar surface area (TPSA) is 54.0 Å². The zero-order valence-electron chi connectivity index (χ0n) is 11.2. The van der Waals surface area contributed by atoms with E-state index in [-0.39, 0.29) is 11.9 Å². The molecule has 0 radical (unpaired) electrons. The van der Waals surface area contributed by atoms with Gasteiger partial charge in [0.1, 0.15) is 0 Å². The lowest BCUT2D eigenvalue weighted by atomic mass is 10.0. The average Bonchev–Trinajstić information content (AvgIpc) is 3.00. The first-order valence-electron chi connectivity index (χ1n) is 7.31. The summed E-state index contributed by atoms with van der Waals surface area (Å²) in [6, 6.07) is 0.0232. The third kappa shape index (κ3) is 3.15. The van der Waals surface area contributed by atoms with Crippen LogP contribution in [0.15, 0.2) is 0 Å². The quantitative estimate of drug-likeness (QED) is 0.877. The fourth-order valence-electron chi connectivity index (χ4n) is 2.84. The molecule has 1 aromatic rings. The largest absolute Gasteiger partial charge is 0.354 e. The van der Waals surface area contributed by atoms with Crippen LogP contribution in [0.2, 0.25) is 0 Å². The van der Waals surface area contributed by atoms with Crippen LogP contribution in [0, 0.1) is 0 Å². The van der Waals surface area contributed by atoms with Crippen molar-refractivity contribution in [1.82, 2.24) is 15.6 Å². The van der Waals surface area contributed by atoms with E-state index in [1.807, 2.05) is 11.3 Å². The summed E-state index contributed by atoms with van der Waals surface area (Å²) in [4.78, 5) is 18.1. The molecule has 0 spiro atoms. The Morgan fingerprint density at radius 3 is 3.11 bits per heavy atom. The number of piperidine rings is 1. The van der Waals surface area contributed by atoms with E-state index < -0.39 is 0 Å². The highest BCUT2D eigenvalue weighted by Gasteiger charge is 2.20. The van der Waals surface area contributed by atoms with Gasteiger partial charge >= 0.3 is 0 Å². The lowest BCUT2D eigenvalue weighted by Gasteiger charge is -2.22. The van der Waals surface area contributed by atoms with E-state index in [1.54, 1.807) is 0 Å². The van der Waals surface area contributed by atoms with E-state index in [0.717, 1.165) is 32.2 Å². The van der Waals surface area contributed by atoms with E-state index in [1.165, 1.54) is 34.8 Å². The van der Waals surface area contributed by atoms with Gasteiger partial charge in [0, 0.05) is 17.8 Å². The van der Waals surface area contributed by atoms with Crippen molar-refractivity contribution in [1.29, 1.82) is 0 Å². The number of thiazole rings is 1. The Morgan fingerprint density at radius 1 is 1.37 bits per heavy atom. The minimum atomic E-state index is 0.0232. The molecule has 1 unspecified atom stereocenters. The molecular weight excluding hydrogens is 258 g/mol. The number of hydrogen-bond donors (Lipinski definition) is 2. The van der Waals surface area contributed by atoms with Crippen LogP contribution in [0.1, 0.15) is 41.3 Å². The molecule has 1 amide bonds. The number of fused-ring (bicyclic) bond motifs is 1. The molecule has 1 saturated heterocycles. The molecule has 1 aliphatic heterocycles. The average molecular weight is 279 g/mol. The first kappa shape index (κ1) is 13.1. The van der Waals surface area contributed by atoms with Gasteiger partial charge in [0.05, 0.1) is 16.7 Å². The van der Waals surface area contributed by atoms with E-state index in [0.29, 0.717) is 6.54 Å². The Kier molecular flexibility index (Phi) is 4.13. The van der Waals surface area contributed by atoms with E-state index >= 15 is 0 Å². The van der Waals surface area contributed by atoms with Crippen LogP contribution in [0.3, 0.4) is 0 Å². The van der Waals surface area contributed by atoms with Gasteiger partial charge in [0.25, 0.3) is 0 Å². The molecule has 0 saturated carbocycles. The number of rotatable bonds is 4. The molecule has 0 bridgehead atoms. The summed E-state index contributed by atoms with van der Waals surface area (Å²) in [7, 11) is 0. The second-order valence-corrected chi connectivity index (χ2v) is 6.54. The number of aryl methyl sites for hydroxylation is 2. The van der Waals surface area contributed by atoms with Crippen molar-refractivity contribution in [2.75, 3.05) is 13.1 Å². The van der Waals surface area contributed by atoms with Crippen molar-refractivity contribution in [2.24, 2.45) is 0 Å². The zero-order chi connectivity index (χ0) is 13.1. The third-order valence-electron chi connectivity index (χ3n) is 3.90. The van der Waals surface area contributed by atoms with Crippen molar-refractivity contribution in [3.05, 3.63) is 15.6 Å². The predicted octanol–water partition coefficient (Wildman–Crippen LogP) is 1.43. The Bertz CT molecular complexity index is 430. The fourth-order valence-corrected chi connectivity index (χ4v) is 4.00. The maximum absolute atomic E-state index is 11.9. The summed E-state index contributed by atoms with van der Waals surface area (Å²) in [6.07, 6.45) is 7.79. The molecule has 2 heterocycles. The maximum atomic E-state index is 11.9. The number of carbonyl (C=O) groups excluding carboxylic acids is 1. The summed E-state index contributed by atoms with van der Waals surface area (Å²) >= 11 is 1.83. The van der Waals surface area contributed by atoms with Gasteiger partial charge in [-0.05, 0) is 38.6 Å². The summed E-state index contributed by atoms with van der Waals surface area (Å²) in [5.74, 6) is 0.156. The van der Waals surface area contributed by atoms with Gasteiger partial charge in [-0.1, -0.05) is 6.42 Å². The number of carbonyl (C=O) groups is 1. The van der Waals surface area contributed by atoms with E-state index in [2.05, 4.69) is 15.6 Å². The summed E-state index contributed by atoms with van der Waals surface area (Å²) in [5.41, 5.74) is 1.31. The van der Waals surface area contributed by atoms with Gasteiger partial charge in [-0.2, -0.15) is 0 Å². The summed E-state index contributed by atoms with van der Waals surface area (Å²) in [5, 5.41) is 7.49. The molecule has 1 aliphatic carbocycles. The zero-order valence-corrected chi connectivity index (χ0v) is 12.0. The minimum absolute atomic E-state index is 0.0232. The van der Waals surface area contributed by atoms with E-state index in [9.17, 15) is 4.79 Å². The van der Waals surface area contributed by atoms with Crippen LogP contribution >= 0.6 is 11.3 Å². The molecule has 104 valence electrons. The van der Waals surface area contributed by atoms with Crippen LogP contribution in [-0.4, -0.2) is 30.0 Å². The van der Waals surface area contributed by atoms with Crippen molar-refractivity contribution in [3.8, 4) is 0 Å². The van der Waals surface area contributed by atoms with Crippen molar-refractivity contribution in [3.63, 3.8) is 0 Å². The van der Waals surface area contributed by atoms with Crippen LogP contribution in [-0.2, 0) is 24.1 Å². The second kappa shape index (κ2) is 6.01. The molecule has 1 atom stereocenters. The van der Waals surface area contributed by atoms with Crippen LogP contribution in [0.25, 0.3) is 0 Å².